The lowest BCUT2D eigenvalue weighted by Gasteiger charge is -2.17. The molecule has 1 heterocycles. The van der Waals surface area contributed by atoms with Crippen LogP contribution in [0.2, 0.25) is 0 Å². The van der Waals surface area contributed by atoms with E-state index in [2.05, 4.69) is 10.1 Å². The fraction of sp³-hybridized carbons (Fsp3) is 0.429. The minimum absolute atomic E-state index is 0.504. The number of aromatic nitrogens is 2. The summed E-state index contributed by atoms with van der Waals surface area (Å²) in [5.41, 5.74) is 7.09. The summed E-state index contributed by atoms with van der Waals surface area (Å²) in [6.07, 6.45) is 0.779. The summed E-state index contributed by atoms with van der Waals surface area (Å²) in [7, 11) is 1.62. The number of hydrogen-bond donors (Lipinski definition) is 1. The monoisotopic (exact) mass is 261 g/mol. The summed E-state index contributed by atoms with van der Waals surface area (Å²) in [6, 6.07) is 7.90. The first-order chi connectivity index (χ1) is 9.08. The first-order valence-electron chi connectivity index (χ1n) is 6.26. The summed E-state index contributed by atoms with van der Waals surface area (Å²) < 4.78 is 10.7. The third kappa shape index (κ3) is 2.83. The third-order valence-electron chi connectivity index (χ3n) is 3.14. The molecule has 0 fully saturated rings. The van der Waals surface area contributed by atoms with Crippen molar-refractivity contribution in [2.45, 2.75) is 25.9 Å². The summed E-state index contributed by atoms with van der Waals surface area (Å²) >= 11 is 0. The van der Waals surface area contributed by atoms with Crippen LogP contribution in [-0.2, 0) is 16.8 Å². The van der Waals surface area contributed by atoms with Gasteiger partial charge in [-0.05, 0) is 38.4 Å². The van der Waals surface area contributed by atoms with E-state index in [0.29, 0.717) is 18.3 Å². The molecule has 5 nitrogen and oxygen atoms in total. The van der Waals surface area contributed by atoms with Gasteiger partial charge in [-0.2, -0.15) is 4.98 Å². The van der Waals surface area contributed by atoms with Crippen molar-refractivity contribution in [1.82, 2.24) is 10.1 Å². The highest BCUT2D eigenvalue weighted by atomic mass is 16.5. The standard InChI is InChI=1S/C14H19N3O2/c1-14(2,18-3)13-16-12(19-17-13)11-7-5-4-6-10(11)8-9-15/h4-7H,8-9,15H2,1-3H3. The molecule has 1 aromatic carbocycles. The largest absolute Gasteiger partial charge is 0.371 e. The molecule has 0 saturated carbocycles. The van der Waals surface area contributed by atoms with Crippen molar-refractivity contribution in [3.05, 3.63) is 35.7 Å². The fourth-order valence-electron chi connectivity index (χ4n) is 1.77. The predicted octanol–water partition coefficient (Wildman–Crippen LogP) is 2.12. The van der Waals surface area contributed by atoms with Crippen LogP contribution in [0.3, 0.4) is 0 Å². The Morgan fingerprint density at radius 3 is 2.74 bits per heavy atom. The van der Waals surface area contributed by atoms with Gasteiger partial charge in [0.1, 0.15) is 5.60 Å². The van der Waals surface area contributed by atoms with Crippen LogP contribution in [0.15, 0.2) is 28.8 Å². The second-order valence-electron chi connectivity index (χ2n) is 4.83. The zero-order valence-corrected chi connectivity index (χ0v) is 11.5. The summed E-state index contributed by atoms with van der Waals surface area (Å²) in [5, 5.41) is 3.99. The van der Waals surface area contributed by atoms with Gasteiger partial charge in [-0.15, -0.1) is 0 Å². The molecule has 0 saturated heterocycles. The number of benzene rings is 1. The molecular formula is C14H19N3O2. The minimum Gasteiger partial charge on any atom is -0.371 e. The normalized spacial score (nSPS) is 11.8. The molecular weight excluding hydrogens is 242 g/mol. The van der Waals surface area contributed by atoms with Gasteiger partial charge in [0.15, 0.2) is 0 Å². The minimum atomic E-state index is -0.565. The maximum Gasteiger partial charge on any atom is 0.258 e. The van der Waals surface area contributed by atoms with Crippen LogP contribution in [0.4, 0.5) is 0 Å². The molecule has 102 valence electrons. The Balaban J connectivity index is 2.38. The number of ether oxygens (including phenoxy) is 1. The molecule has 0 aliphatic carbocycles. The van der Waals surface area contributed by atoms with Gasteiger partial charge in [-0.3, -0.25) is 0 Å². The van der Waals surface area contributed by atoms with E-state index in [1.165, 1.54) is 0 Å². The van der Waals surface area contributed by atoms with Crippen LogP contribution in [0.1, 0.15) is 25.2 Å². The van der Waals surface area contributed by atoms with Crippen molar-refractivity contribution < 1.29 is 9.26 Å². The van der Waals surface area contributed by atoms with Crippen molar-refractivity contribution in [2.75, 3.05) is 13.7 Å². The molecule has 2 aromatic rings. The molecule has 0 amide bonds. The zero-order chi connectivity index (χ0) is 13.9. The molecule has 19 heavy (non-hydrogen) atoms. The third-order valence-corrected chi connectivity index (χ3v) is 3.14. The molecule has 2 N–H and O–H groups in total. The van der Waals surface area contributed by atoms with Gasteiger partial charge >= 0.3 is 0 Å². The lowest BCUT2D eigenvalue weighted by atomic mass is 10.0. The molecule has 0 radical (unpaired) electrons. The van der Waals surface area contributed by atoms with Crippen LogP contribution in [0.5, 0.6) is 0 Å². The van der Waals surface area contributed by atoms with Crippen molar-refractivity contribution in [3.63, 3.8) is 0 Å². The van der Waals surface area contributed by atoms with Gasteiger partial charge in [-0.25, -0.2) is 0 Å². The predicted molar refractivity (Wildman–Crippen MR) is 72.5 cm³/mol. The van der Waals surface area contributed by atoms with Crippen LogP contribution in [0.25, 0.3) is 11.5 Å². The number of methoxy groups -OCH3 is 1. The molecule has 0 spiro atoms. The van der Waals surface area contributed by atoms with Crippen LogP contribution in [0, 0.1) is 0 Å². The van der Waals surface area contributed by atoms with E-state index < -0.39 is 5.60 Å². The highest BCUT2D eigenvalue weighted by Crippen LogP contribution is 2.26. The lowest BCUT2D eigenvalue weighted by molar-refractivity contribution is 0.00973. The molecule has 0 atom stereocenters. The van der Waals surface area contributed by atoms with E-state index in [1.807, 2.05) is 38.1 Å². The Bertz CT molecular complexity index is 549. The maximum atomic E-state index is 5.62. The van der Waals surface area contributed by atoms with E-state index in [0.717, 1.165) is 17.5 Å². The Kier molecular flexibility index (Phi) is 3.97. The molecule has 0 unspecified atom stereocenters. The Hall–Kier alpha value is -1.72. The molecule has 5 heteroatoms. The molecule has 0 aliphatic heterocycles. The van der Waals surface area contributed by atoms with Crippen molar-refractivity contribution in [3.8, 4) is 11.5 Å². The van der Waals surface area contributed by atoms with E-state index in [4.69, 9.17) is 15.0 Å². The Morgan fingerprint density at radius 1 is 1.32 bits per heavy atom. The van der Waals surface area contributed by atoms with Gasteiger partial charge in [0.05, 0.1) is 0 Å². The van der Waals surface area contributed by atoms with Gasteiger partial charge < -0.3 is 15.0 Å². The first-order valence-corrected chi connectivity index (χ1v) is 6.26. The van der Waals surface area contributed by atoms with Crippen LogP contribution < -0.4 is 5.73 Å². The Labute approximate surface area is 112 Å². The maximum absolute atomic E-state index is 5.62. The summed E-state index contributed by atoms with van der Waals surface area (Å²) in [4.78, 5) is 4.42. The summed E-state index contributed by atoms with van der Waals surface area (Å²) in [6.45, 7) is 4.38. The highest BCUT2D eigenvalue weighted by Gasteiger charge is 2.26. The smallest absolute Gasteiger partial charge is 0.258 e. The van der Waals surface area contributed by atoms with Crippen molar-refractivity contribution in [1.29, 1.82) is 0 Å². The second-order valence-corrected chi connectivity index (χ2v) is 4.83. The number of hydrogen-bond acceptors (Lipinski definition) is 5. The lowest BCUT2D eigenvalue weighted by Crippen LogP contribution is -2.21. The van der Waals surface area contributed by atoms with Crippen LogP contribution in [-0.4, -0.2) is 23.8 Å². The molecule has 0 aliphatic rings. The molecule has 0 bridgehead atoms. The quantitative estimate of drug-likeness (QED) is 0.892. The van der Waals surface area contributed by atoms with E-state index in [1.54, 1.807) is 7.11 Å². The van der Waals surface area contributed by atoms with Gasteiger partial charge in [-0.1, -0.05) is 23.4 Å². The number of rotatable bonds is 5. The fourth-order valence-corrected chi connectivity index (χ4v) is 1.77. The molecule has 1 aromatic heterocycles. The van der Waals surface area contributed by atoms with Gasteiger partial charge in [0.2, 0.25) is 5.82 Å². The average molecular weight is 261 g/mol. The molecule has 2 rings (SSSR count). The first kappa shape index (κ1) is 13.7. The van der Waals surface area contributed by atoms with E-state index in [9.17, 15) is 0 Å². The highest BCUT2D eigenvalue weighted by molar-refractivity contribution is 5.58. The summed E-state index contributed by atoms with van der Waals surface area (Å²) in [5.74, 6) is 1.04. The second kappa shape index (κ2) is 5.50. The topological polar surface area (TPSA) is 74.2 Å². The van der Waals surface area contributed by atoms with Crippen molar-refractivity contribution in [2.24, 2.45) is 5.73 Å². The van der Waals surface area contributed by atoms with E-state index >= 15 is 0 Å². The number of nitrogens with two attached hydrogens (primary N) is 1. The van der Waals surface area contributed by atoms with Gasteiger partial charge in [0, 0.05) is 12.7 Å². The zero-order valence-electron chi connectivity index (χ0n) is 11.5. The Morgan fingerprint density at radius 2 is 2.05 bits per heavy atom. The van der Waals surface area contributed by atoms with E-state index in [-0.39, 0.29) is 0 Å². The number of nitrogens with zero attached hydrogens (tertiary/aromatic N) is 2. The average Bonchev–Trinajstić information content (AvgIpc) is 2.90. The van der Waals surface area contributed by atoms with Crippen molar-refractivity contribution >= 4 is 0 Å². The van der Waals surface area contributed by atoms with Crippen LogP contribution >= 0.6 is 0 Å². The van der Waals surface area contributed by atoms with Gasteiger partial charge in [0.25, 0.3) is 5.89 Å². The SMILES string of the molecule is COC(C)(C)c1noc(-c2ccccc2CCN)n1.